The molecule has 0 aromatic heterocycles. The van der Waals surface area contributed by atoms with E-state index in [4.69, 9.17) is 14.0 Å². The Morgan fingerprint density at radius 3 is 1.93 bits per heavy atom. The minimum Gasteiger partial charge on any atom is -0.448 e. The lowest BCUT2D eigenvalue weighted by Gasteiger charge is -2.47. The SMILES string of the molecule is CC1(C)OB(c2ccc(CC(=O)C3CC4CCCC(C3)N4C(=O)OCC3c4ccccc4-c4ccccc43)cc2)OC1(C)C. The van der Waals surface area contributed by atoms with E-state index >= 15 is 0 Å². The number of Topliss-reactive ketones (excluding diaryl/α,β-unsaturated/α-hetero) is 1. The number of fused-ring (bicyclic) bond motifs is 5. The molecule has 3 aliphatic heterocycles. The fourth-order valence-electron chi connectivity index (χ4n) is 7.73. The largest absolute Gasteiger partial charge is 0.494 e. The highest BCUT2D eigenvalue weighted by Gasteiger charge is 2.51. The number of nitrogens with zero attached hydrogens (tertiary/aromatic N) is 1. The van der Waals surface area contributed by atoms with Crippen molar-refractivity contribution in [3.05, 3.63) is 89.5 Å². The van der Waals surface area contributed by atoms with Gasteiger partial charge in [-0.15, -0.1) is 0 Å². The number of piperidine rings is 2. The van der Waals surface area contributed by atoms with E-state index in [-0.39, 0.29) is 47.0 Å². The van der Waals surface area contributed by atoms with Crippen molar-refractivity contribution in [2.75, 3.05) is 6.61 Å². The van der Waals surface area contributed by atoms with E-state index in [1.165, 1.54) is 22.3 Å². The van der Waals surface area contributed by atoms with E-state index in [2.05, 4.69) is 48.5 Å². The van der Waals surface area contributed by atoms with Gasteiger partial charge in [0, 0.05) is 30.3 Å². The Hall–Kier alpha value is -3.42. The van der Waals surface area contributed by atoms with Crippen LogP contribution >= 0.6 is 0 Å². The molecule has 7 heteroatoms. The van der Waals surface area contributed by atoms with E-state index < -0.39 is 7.12 Å². The summed E-state index contributed by atoms with van der Waals surface area (Å²) in [6.07, 6.45) is 4.53. The Balaban J connectivity index is 0.973. The van der Waals surface area contributed by atoms with Gasteiger partial charge in [-0.05, 0) is 93.1 Å². The van der Waals surface area contributed by atoms with Crippen LogP contribution < -0.4 is 5.46 Å². The Labute approximate surface area is 261 Å². The predicted molar refractivity (Wildman–Crippen MR) is 172 cm³/mol. The lowest BCUT2D eigenvalue weighted by atomic mass is 9.75. The molecule has 0 radical (unpaired) electrons. The molecule has 0 N–H and O–H groups in total. The van der Waals surface area contributed by atoms with Crippen molar-refractivity contribution in [2.45, 2.75) is 95.4 Å². The summed E-state index contributed by atoms with van der Waals surface area (Å²) >= 11 is 0. The molecule has 3 aromatic rings. The first-order valence-electron chi connectivity index (χ1n) is 16.2. The molecular weight excluding hydrogens is 549 g/mol. The Morgan fingerprint density at radius 1 is 0.818 bits per heavy atom. The van der Waals surface area contributed by atoms with E-state index in [1.54, 1.807) is 0 Å². The number of carbonyl (C=O) groups is 2. The van der Waals surface area contributed by atoms with Crippen LogP contribution in [0.5, 0.6) is 0 Å². The van der Waals surface area contributed by atoms with Gasteiger partial charge < -0.3 is 18.9 Å². The molecule has 3 aromatic carbocycles. The van der Waals surface area contributed by atoms with Gasteiger partial charge in [-0.3, -0.25) is 4.79 Å². The zero-order valence-electron chi connectivity index (χ0n) is 26.3. The number of hydrogen-bond acceptors (Lipinski definition) is 5. The molecule has 228 valence electrons. The zero-order chi connectivity index (χ0) is 30.6. The van der Waals surface area contributed by atoms with Gasteiger partial charge in [-0.1, -0.05) is 72.8 Å². The fourth-order valence-corrected chi connectivity index (χ4v) is 7.73. The number of amides is 1. The molecule has 44 heavy (non-hydrogen) atoms. The second-order valence-electron chi connectivity index (χ2n) is 14.1. The molecule has 4 aliphatic rings. The van der Waals surface area contributed by atoms with Crippen LogP contribution in [0.25, 0.3) is 11.1 Å². The second kappa shape index (κ2) is 11.2. The third kappa shape index (κ3) is 5.18. The minimum atomic E-state index is -0.411. The highest BCUT2D eigenvalue weighted by molar-refractivity contribution is 6.62. The summed E-state index contributed by atoms with van der Waals surface area (Å²) in [6.45, 7) is 8.53. The van der Waals surface area contributed by atoms with Gasteiger partial charge in [0.25, 0.3) is 0 Å². The molecule has 0 saturated carbocycles. The Bertz CT molecular complexity index is 1490. The first kappa shape index (κ1) is 29.3. The van der Waals surface area contributed by atoms with Crippen LogP contribution in [-0.2, 0) is 25.3 Å². The quantitative estimate of drug-likeness (QED) is 0.300. The molecule has 2 atom stereocenters. The van der Waals surface area contributed by atoms with Crippen LogP contribution in [0.3, 0.4) is 0 Å². The van der Waals surface area contributed by atoms with E-state index in [1.807, 2.05) is 56.9 Å². The average molecular weight is 592 g/mol. The summed E-state index contributed by atoms with van der Waals surface area (Å²) in [6, 6.07) is 25.0. The number of ketones is 1. The van der Waals surface area contributed by atoms with Gasteiger partial charge in [0.2, 0.25) is 0 Å². The summed E-state index contributed by atoms with van der Waals surface area (Å²) in [5.74, 6) is 0.268. The number of carbonyl (C=O) groups excluding carboxylic acids is 2. The number of ether oxygens (including phenoxy) is 1. The molecule has 3 heterocycles. The van der Waals surface area contributed by atoms with Crippen molar-refractivity contribution in [3.63, 3.8) is 0 Å². The molecule has 2 unspecified atom stereocenters. The smallest absolute Gasteiger partial charge is 0.448 e. The van der Waals surface area contributed by atoms with Crippen LogP contribution in [0.2, 0.25) is 0 Å². The van der Waals surface area contributed by atoms with Gasteiger partial charge in [-0.2, -0.15) is 0 Å². The highest BCUT2D eigenvalue weighted by atomic mass is 16.7. The molecule has 1 amide bonds. The summed E-state index contributed by atoms with van der Waals surface area (Å²) in [4.78, 5) is 29.1. The lowest BCUT2D eigenvalue weighted by molar-refractivity contribution is -0.126. The monoisotopic (exact) mass is 591 g/mol. The first-order chi connectivity index (χ1) is 21.1. The maximum Gasteiger partial charge on any atom is 0.494 e. The third-order valence-electron chi connectivity index (χ3n) is 10.9. The van der Waals surface area contributed by atoms with Crippen LogP contribution in [0.4, 0.5) is 4.79 Å². The Kier molecular flexibility index (Phi) is 7.45. The lowest BCUT2D eigenvalue weighted by Crippen LogP contribution is -2.56. The van der Waals surface area contributed by atoms with Crippen LogP contribution in [-0.4, -0.2) is 53.8 Å². The van der Waals surface area contributed by atoms with Crippen LogP contribution in [0, 0.1) is 5.92 Å². The van der Waals surface area contributed by atoms with Gasteiger partial charge in [0.1, 0.15) is 12.4 Å². The molecule has 3 saturated heterocycles. The molecule has 7 rings (SSSR count). The maximum atomic E-state index is 13.6. The standard InChI is InChI=1S/C37H42BNO5/c1-36(2)37(3,4)44-38(43-36)26-18-16-24(17-19-26)20-34(40)25-21-27-10-9-11-28(22-25)39(27)35(41)42-23-33-31-14-7-5-12-29(31)30-13-6-8-15-32(30)33/h5-8,12-19,25,27-28,33H,9-11,20-23H2,1-4H3. The summed E-state index contributed by atoms with van der Waals surface area (Å²) in [7, 11) is -0.411. The zero-order valence-corrected chi connectivity index (χ0v) is 26.3. The number of hydrogen-bond donors (Lipinski definition) is 0. The van der Waals surface area contributed by atoms with Crippen molar-refractivity contribution in [1.29, 1.82) is 0 Å². The molecule has 2 bridgehead atoms. The molecule has 3 fully saturated rings. The van der Waals surface area contributed by atoms with E-state index in [0.29, 0.717) is 25.9 Å². The average Bonchev–Trinajstić information content (AvgIpc) is 3.44. The Morgan fingerprint density at radius 2 is 1.36 bits per heavy atom. The van der Waals surface area contributed by atoms with Crippen molar-refractivity contribution < 1.29 is 23.6 Å². The van der Waals surface area contributed by atoms with E-state index in [0.717, 1.165) is 30.3 Å². The summed E-state index contributed by atoms with van der Waals surface area (Å²) < 4.78 is 18.4. The number of rotatable bonds is 6. The highest BCUT2D eigenvalue weighted by Crippen LogP contribution is 2.45. The van der Waals surface area contributed by atoms with Gasteiger partial charge in [0.15, 0.2) is 0 Å². The van der Waals surface area contributed by atoms with Crippen LogP contribution in [0.1, 0.15) is 82.4 Å². The fraction of sp³-hybridized carbons (Fsp3) is 0.459. The van der Waals surface area contributed by atoms with Gasteiger partial charge in [0.05, 0.1) is 11.2 Å². The van der Waals surface area contributed by atoms with Crippen molar-refractivity contribution in [3.8, 4) is 11.1 Å². The van der Waals surface area contributed by atoms with Crippen LogP contribution in [0.15, 0.2) is 72.8 Å². The predicted octanol–water partition coefficient (Wildman–Crippen LogP) is 6.68. The molecule has 6 nitrogen and oxygen atoms in total. The van der Waals surface area contributed by atoms with Crippen molar-refractivity contribution in [2.24, 2.45) is 5.92 Å². The number of benzene rings is 3. The summed E-state index contributed by atoms with van der Waals surface area (Å²) in [5, 5.41) is 0. The second-order valence-corrected chi connectivity index (χ2v) is 14.1. The third-order valence-corrected chi connectivity index (χ3v) is 10.9. The first-order valence-corrected chi connectivity index (χ1v) is 16.2. The van der Waals surface area contributed by atoms with Crippen molar-refractivity contribution >= 4 is 24.5 Å². The topological polar surface area (TPSA) is 65.1 Å². The van der Waals surface area contributed by atoms with Gasteiger partial charge >= 0.3 is 13.2 Å². The van der Waals surface area contributed by atoms with Crippen molar-refractivity contribution in [1.82, 2.24) is 4.90 Å². The molecule has 0 spiro atoms. The normalized spacial score (nSPS) is 25.0. The van der Waals surface area contributed by atoms with Gasteiger partial charge in [-0.25, -0.2) is 4.79 Å². The minimum absolute atomic E-state index is 0.0364. The molecule has 1 aliphatic carbocycles. The van der Waals surface area contributed by atoms with E-state index in [9.17, 15) is 9.59 Å². The maximum absolute atomic E-state index is 13.6. The molecular formula is C37H42BNO5. The summed E-state index contributed by atoms with van der Waals surface area (Å²) in [5.41, 5.74) is 6.07.